The number of nitro benzene ring substituents is 4. The number of ether oxygens (including phenoxy) is 4. The van der Waals surface area contributed by atoms with E-state index in [0.717, 1.165) is 98.4 Å². The lowest BCUT2D eigenvalue weighted by atomic mass is 10.2. The van der Waals surface area contributed by atoms with Crippen molar-refractivity contribution in [3.05, 3.63) is 89.0 Å². The first kappa shape index (κ1) is 50.1. The molecule has 0 aliphatic carbocycles. The highest BCUT2D eigenvalue weighted by Gasteiger charge is 2.30. The third-order valence-corrected chi connectivity index (χ3v) is 13.9. The van der Waals surface area contributed by atoms with Crippen LogP contribution in [0.15, 0.2) is 87.7 Å². The summed E-state index contributed by atoms with van der Waals surface area (Å²) in [6, 6.07) is 10.7. The van der Waals surface area contributed by atoms with E-state index in [1.165, 1.54) is 48.5 Å². The maximum Gasteiger partial charge on any atom is 0.271 e. The highest BCUT2D eigenvalue weighted by atomic mass is 32.2. The molecule has 0 fully saturated rings. The Balaban J connectivity index is 1.93. The summed E-state index contributed by atoms with van der Waals surface area (Å²) in [7, 11) is 0. The molecule has 0 spiro atoms. The number of nitrogens with zero attached hydrogens (tertiary/aromatic N) is 4. The molecule has 344 valence electrons. The van der Waals surface area contributed by atoms with Crippen molar-refractivity contribution < 1.29 is 38.6 Å². The molecule has 8 bridgehead atoms. The van der Waals surface area contributed by atoms with E-state index in [0.29, 0.717) is 25.7 Å². The van der Waals surface area contributed by atoms with E-state index in [-0.39, 0.29) is 111 Å². The Kier molecular flexibility index (Phi) is 19.5. The Morgan fingerprint density at radius 2 is 0.516 bits per heavy atom. The largest absolute Gasteiger partial charge is 0.491 e. The molecule has 0 radical (unpaired) electrons. The summed E-state index contributed by atoms with van der Waals surface area (Å²) >= 11 is 3.96. The van der Waals surface area contributed by atoms with Gasteiger partial charge in [-0.15, -0.1) is 0 Å². The molecule has 1 aliphatic heterocycles. The Hall–Kier alpha value is -4.92. The van der Waals surface area contributed by atoms with E-state index in [1.54, 1.807) is 0 Å². The fourth-order valence-electron chi connectivity index (χ4n) is 6.43. The van der Waals surface area contributed by atoms with Gasteiger partial charge in [-0.2, -0.15) is 0 Å². The van der Waals surface area contributed by atoms with E-state index in [4.69, 9.17) is 18.9 Å². The second-order valence-corrected chi connectivity index (χ2v) is 19.1. The summed E-state index contributed by atoms with van der Waals surface area (Å²) in [6.07, 6.45) is 9.53. The second-order valence-electron chi connectivity index (χ2n) is 14.7. The van der Waals surface area contributed by atoms with Crippen LogP contribution in [0.25, 0.3) is 0 Å². The zero-order valence-electron chi connectivity index (χ0n) is 36.3. The first-order valence-electron chi connectivity index (χ1n) is 21.4. The molecule has 1 heterocycles. The quantitative estimate of drug-likeness (QED) is 0.0320. The molecule has 16 nitrogen and oxygen atoms in total. The molecule has 0 saturated carbocycles. The van der Waals surface area contributed by atoms with Crippen molar-refractivity contribution in [2.24, 2.45) is 0 Å². The molecular formula is C44H52N4O12S4. The Morgan fingerprint density at radius 1 is 0.344 bits per heavy atom. The lowest BCUT2D eigenvalue weighted by Crippen LogP contribution is -2.05. The van der Waals surface area contributed by atoms with Crippen molar-refractivity contribution >= 4 is 69.8 Å². The van der Waals surface area contributed by atoms with Crippen molar-refractivity contribution in [1.82, 2.24) is 0 Å². The standard InChI is InChI=1S/C44H52N4O12S4/c1-5-9-13-17-57-41-33-21-29(45(49)50)22-34(41)62-36-24-31(47(53)54)26-38(43(36)59-19-15-11-7-3)64-40-28-32(48(55)56)27-39(44(40)60-20-16-12-8-4)63-37-25-30(46(51)52)23-35(61-33)42(37)58-18-14-10-6-2/h21-28H,5-20H2,1-4H3. The number of non-ortho nitro benzene ring substituents is 4. The number of fused-ring (bicyclic) bond motifs is 8. The molecule has 4 aromatic rings. The van der Waals surface area contributed by atoms with Gasteiger partial charge in [-0.25, -0.2) is 0 Å². The van der Waals surface area contributed by atoms with Crippen molar-refractivity contribution in [3.63, 3.8) is 0 Å². The molecule has 4 aromatic carbocycles. The van der Waals surface area contributed by atoms with Gasteiger partial charge in [0.15, 0.2) is 0 Å². The highest BCUT2D eigenvalue weighted by Crippen LogP contribution is 2.56. The number of nitro groups is 4. The van der Waals surface area contributed by atoms with Crippen molar-refractivity contribution in [2.45, 2.75) is 144 Å². The van der Waals surface area contributed by atoms with Gasteiger partial charge in [0.25, 0.3) is 22.7 Å². The molecule has 0 atom stereocenters. The van der Waals surface area contributed by atoms with Gasteiger partial charge in [-0.3, -0.25) is 40.5 Å². The molecule has 64 heavy (non-hydrogen) atoms. The predicted molar refractivity (Wildman–Crippen MR) is 249 cm³/mol. The summed E-state index contributed by atoms with van der Waals surface area (Å²) in [5.41, 5.74) is -1.24. The SMILES string of the molecule is CCCCCOc1c2cc([N+](=O)[O-])cc1Sc1cc([N+](=O)[O-])cc(c1OCCCCC)Sc1cc([N+](=O)[O-])cc(c1OCCCCC)Sc1cc([N+](=O)[O-])cc(c1OCCCCC)S2. The second kappa shape index (κ2) is 25.0. The van der Waals surface area contributed by atoms with Gasteiger partial charge in [0.05, 0.1) is 85.3 Å². The number of unbranched alkanes of at least 4 members (excludes halogenated alkanes) is 8. The maximum absolute atomic E-state index is 12.7. The van der Waals surface area contributed by atoms with Gasteiger partial charge in [-0.1, -0.05) is 126 Å². The van der Waals surface area contributed by atoms with Crippen LogP contribution in [0, 0.1) is 40.5 Å². The van der Waals surface area contributed by atoms with Crippen LogP contribution in [0.5, 0.6) is 23.0 Å². The summed E-state index contributed by atoms with van der Waals surface area (Å²) in [6.45, 7) is 9.08. The lowest BCUT2D eigenvalue weighted by Gasteiger charge is -2.22. The smallest absolute Gasteiger partial charge is 0.271 e. The molecule has 20 heteroatoms. The zero-order chi connectivity index (χ0) is 46.2. The van der Waals surface area contributed by atoms with Crippen molar-refractivity contribution in [2.75, 3.05) is 26.4 Å². The fraction of sp³-hybridized carbons (Fsp3) is 0.455. The normalized spacial score (nSPS) is 12.1. The maximum atomic E-state index is 12.7. The van der Waals surface area contributed by atoms with Crippen LogP contribution in [0.1, 0.15) is 105 Å². The minimum atomic E-state index is -0.553. The van der Waals surface area contributed by atoms with Gasteiger partial charge in [0.1, 0.15) is 23.0 Å². The molecule has 0 aromatic heterocycles. The number of benzene rings is 4. The first-order valence-corrected chi connectivity index (χ1v) is 24.7. The average molecular weight is 957 g/mol. The molecular weight excluding hydrogens is 905 g/mol. The minimum Gasteiger partial charge on any atom is -0.491 e. The average Bonchev–Trinajstić information content (AvgIpc) is 3.25. The Labute approximate surface area is 388 Å². The molecule has 0 N–H and O–H groups in total. The predicted octanol–water partition coefficient (Wildman–Crippen LogP) is 14.5. The molecule has 1 aliphatic rings. The van der Waals surface area contributed by atoms with Crippen molar-refractivity contribution in [3.8, 4) is 23.0 Å². The van der Waals surface area contributed by atoms with E-state index in [1.807, 2.05) is 27.7 Å². The van der Waals surface area contributed by atoms with Crippen LogP contribution in [-0.4, -0.2) is 46.1 Å². The van der Waals surface area contributed by atoms with Gasteiger partial charge in [-0.05, 0) is 25.7 Å². The summed E-state index contributed by atoms with van der Waals surface area (Å²) < 4.78 is 26.0. The lowest BCUT2D eigenvalue weighted by molar-refractivity contribution is -0.385. The molecule has 0 saturated heterocycles. The fourth-order valence-corrected chi connectivity index (χ4v) is 11.2. The topological polar surface area (TPSA) is 209 Å². The van der Waals surface area contributed by atoms with Gasteiger partial charge in [0, 0.05) is 48.5 Å². The third-order valence-electron chi connectivity index (χ3n) is 9.72. The number of hydrogen-bond acceptors (Lipinski definition) is 16. The first-order chi connectivity index (χ1) is 30.9. The third kappa shape index (κ3) is 13.6. The summed E-state index contributed by atoms with van der Waals surface area (Å²) in [5.74, 6) is 0.954. The molecule has 0 amide bonds. The summed E-state index contributed by atoms with van der Waals surface area (Å²) in [5, 5.41) is 50.6. The van der Waals surface area contributed by atoms with E-state index < -0.39 is 19.7 Å². The van der Waals surface area contributed by atoms with Crippen LogP contribution in [-0.2, 0) is 0 Å². The summed E-state index contributed by atoms with van der Waals surface area (Å²) in [4.78, 5) is 50.4. The van der Waals surface area contributed by atoms with Crippen LogP contribution >= 0.6 is 47.0 Å². The van der Waals surface area contributed by atoms with Crippen LogP contribution in [0.4, 0.5) is 22.7 Å². The van der Waals surface area contributed by atoms with E-state index in [9.17, 15) is 40.5 Å². The Morgan fingerprint density at radius 3 is 0.656 bits per heavy atom. The zero-order valence-corrected chi connectivity index (χ0v) is 39.5. The highest BCUT2D eigenvalue weighted by molar-refractivity contribution is 8.01. The monoisotopic (exact) mass is 956 g/mol. The Bertz CT molecular complexity index is 1900. The molecule has 0 unspecified atom stereocenters. The van der Waals surface area contributed by atoms with E-state index in [2.05, 4.69) is 0 Å². The van der Waals surface area contributed by atoms with Gasteiger partial charge in [0.2, 0.25) is 0 Å². The van der Waals surface area contributed by atoms with Crippen LogP contribution < -0.4 is 18.9 Å². The van der Waals surface area contributed by atoms with E-state index >= 15 is 0 Å². The van der Waals surface area contributed by atoms with Gasteiger partial charge < -0.3 is 18.9 Å². The number of hydrogen-bond donors (Lipinski definition) is 0. The van der Waals surface area contributed by atoms with Crippen LogP contribution in [0.3, 0.4) is 0 Å². The number of rotatable bonds is 24. The van der Waals surface area contributed by atoms with Gasteiger partial charge >= 0.3 is 0 Å². The van der Waals surface area contributed by atoms with Crippen LogP contribution in [0.2, 0.25) is 0 Å². The minimum absolute atomic E-state index is 0.230. The molecule has 5 rings (SSSR count). The van der Waals surface area contributed by atoms with Crippen molar-refractivity contribution in [1.29, 1.82) is 0 Å².